The summed E-state index contributed by atoms with van der Waals surface area (Å²) in [5, 5.41) is 26.2. The first kappa shape index (κ1) is 27.4. The molecule has 1 N–H and O–H groups in total. The van der Waals surface area contributed by atoms with Crippen molar-refractivity contribution >= 4 is 40.3 Å². The second kappa shape index (κ2) is 11.8. The van der Waals surface area contributed by atoms with Crippen molar-refractivity contribution in [2.45, 2.75) is 6.42 Å². The second-order valence-corrected chi connectivity index (χ2v) is 8.08. The van der Waals surface area contributed by atoms with Crippen LogP contribution in [0.15, 0.2) is 88.4 Å². The molecule has 0 saturated heterocycles. The highest BCUT2D eigenvalue weighted by Gasteiger charge is 2.24. The Balaban J connectivity index is 1.66. The number of aliphatic imine (C=N–C) groups is 2. The Kier molecular flexibility index (Phi) is 8.08. The van der Waals surface area contributed by atoms with E-state index in [1.165, 1.54) is 48.5 Å². The average molecular weight is 548 g/mol. The molecule has 0 radical (unpaired) electrons. The molecular formula is C26H18F2N6O6. The number of nitrogens with zero attached hydrogens (tertiary/aromatic N) is 5. The highest BCUT2D eigenvalue weighted by Crippen LogP contribution is 2.30. The molecule has 202 valence electrons. The van der Waals surface area contributed by atoms with Crippen LogP contribution in [0.25, 0.3) is 0 Å². The number of fused-ring (bicyclic) bond motifs is 1. The number of ether oxygens (including phenoxy) is 1. The summed E-state index contributed by atoms with van der Waals surface area (Å²) < 4.78 is 34.6. The number of rotatable bonds is 8. The lowest BCUT2D eigenvalue weighted by molar-refractivity contribution is -0.385. The summed E-state index contributed by atoms with van der Waals surface area (Å²) in [6, 6.07) is 11.7. The fourth-order valence-electron chi connectivity index (χ4n) is 3.59. The van der Waals surface area contributed by atoms with Crippen molar-refractivity contribution in [3.63, 3.8) is 0 Å². The van der Waals surface area contributed by atoms with Gasteiger partial charge in [-0.15, -0.1) is 6.58 Å². The molecule has 3 aromatic rings. The van der Waals surface area contributed by atoms with E-state index in [4.69, 9.17) is 4.74 Å². The predicted octanol–water partition coefficient (Wildman–Crippen LogP) is 4.79. The molecule has 0 bridgehead atoms. The van der Waals surface area contributed by atoms with Gasteiger partial charge in [0, 0.05) is 36.2 Å². The molecule has 0 unspecified atom stereocenters. The predicted molar refractivity (Wildman–Crippen MR) is 141 cm³/mol. The third-order valence-corrected chi connectivity index (χ3v) is 5.44. The molecule has 4 rings (SSSR count). The number of carbonyl (C=O) groups is 1. The number of nitro groups is 2. The molecule has 0 aliphatic carbocycles. The topological polar surface area (TPSA) is 162 Å². The number of nitro benzene ring substituents is 2. The lowest BCUT2D eigenvalue weighted by Gasteiger charge is -2.10. The summed E-state index contributed by atoms with van der Waals surface area (Å²) in [7, 11) is 0. The monoisotopic (exact) mass is 548 g/mol. The zero-order valence-corrected chi connectivity index (χ0v) is 20.4. The second-order valence-electron chi connectivity index (χ2n) is 8.08. The quantitative estimate of drug-likeness (QED) is 0.106. The number of esters is 1. The van der Waals surface area contributed by atoms with Crippen LogP contribution in [0.2, 0.25) is 0 Å². The maximum absolute atomic E-state index is 14.7. The maximum atomic E-state index is 14.7. The van der Waals surface area contributed by atoms with Crippen LogP contribution in [0.5, 0.6) is 5.75 Å². The number of hydrazone groups is 1. The van der Waals surface area contributed by atoms with Crippen LogP contribution in [0.3, 0.4) is 0 Å². The third kappa shape index (κ3) is 6.07. The number of nitrogens with one attached hydrogen (secondary N) is 1. The summed E-state index contributed by atoms with van der Waals surface area (Å²) in [5.74, 6) is -2.65. The molecule has 0 atom stereocenters. The Hall–Kier alpha value is -5.66. The molecule has 1 heterocycles. The van der Waals surface area contributed by atoms with E-state index in [0.29, 0.717) is 0 Å². The molecule has 3 aromatic carbocycles. The summed E-state index contributed by atoms with van der Waals surface area (Å²) in [5.41, 5.74) is 1.37. The van der Waals surface area contributed by atoms with Crippen LogP contribution in [0.4, 0.5) is 25.8 Å². The number of hydrogen-bond donors (Lipinski definition) is 1. The Labute approximate surface area is 224 Å². The molecule has 1 aliphatic rings. The van der Waals surface area contributed by atoms with Crippen LogP contribution >= 0.6 is 0 Å². The summed E-state index contributed by atoms with van der Waals surface area (Å²) in [4.78, 5) is 42.2. The SMILES string of the molecule is C=CC/C(=N\NC1=Nc2ccc([N+](=O)[O-])cc2C(c2c(F)cccc2F)=NC1)C(=O)Oc1ccc([N+](=O)[O-])cc1. The van der Waals surface area contributed by atoms with Crippen LogP contribution in [0.1, 0.15) is 17.5 Å². The molecule has 0 fully saturated rings. The first-order chi connectivity index (χ1) is 19.2. The third-order valence-electron chi connectivity index (χ3n) is 5.44. The van der Waals surface area contributed by atoms with E-state index < -0.39 is 33.0 Å². The smallest absolute Gasteiger partial charge is 0.360 e. The van der Waals surface area contributed by atoms with Gasteiger partial charge in [-0.3, -0.25) is 30.6 Å². The van der Waals surface area contributed by atoms with E-state index in [-0.39, 0.29) is 58.6 Å². The fraction of sp³-hybridized carbons (Fsp3) is 0.0769. The van der Waals surface area contributed by atoms with E-state index >= 15 is 0 Å². The maximum Gasteiger partial charge on any atom is 0.360 e. The van der Waals surface area contributed by atoms with E-state index in [9.17, 15) is 33.8 Å². The van der Waals surface area contributed by atoms with Crippen LogP contribution in [-0.4, -0.2) is 39.6 Å². The van der Waals surface area contributed by atoms with E-state index in [1.54, 1.807) is 0 Å². The van der Waals surface area contributed by atoms with Gasteiger partial charge in [-0.05, 0) is 30.3 Å². The number of non-ortho nitro benzene ring substituents is 2. The first-order valence-electron chi connectivity index (χ1n) is 11.4. The molecule has 0 aromatic heterocycles. The molecule has 0 saturated carbocycles. The van der Waals surface area contributed by atoms with E-state index in [0.717, 1.165) is 18.2 Å². The highest BCUT2D eigenvalue weighted by molar-refractivity contribution is 6.37. The van der Waals surface area contributed by atoms with Crippen molar-refractivity contribution in [3.8, 4) is 5.75 Å². The number of hydrogen-bond acceptors (Lipinski definition) is 10. The summed E-state index contributed by atoms with van der Waals surface area (Å²) >= 11 is 0. The number of carbonyl (C=O) groups excluding carboxylic acids is 1. The van der Waals surface area contributed by atoms with Crippen molar-refractivity contribution in [3.05, 3.63) is 116 Å². The number of benzene rings is 3. The Bertz CT molecular complexity index is 1600. The summed E-state index contributed by atoms with van der Waals surface area (Å²) in [6.45, 7) is 3.29. The van der Waals surface area contributed by atoms with Gasteiger partial charge in [0.25, 0.3) is 11.4 Å². The first-order valence-corrected chi connectivity index (χ1v) is 11.4. The van der Waals surface area contributed by atoms with Gasteiger partial charge in [0.1, 0.15) is 28.9 Å². The zero-order valence-electron chi connectivity index (χ0n) is 20.4. The lowest BCUT2D eigenvalue weighted by Crippen LogP contribution is -2.27. The minimum atomic E-state index is -0.923. The van der Waals surface area contributed by atoms with Gasteiger partial charge in [-0.2, -0.15) is 5.10 Å². The zero-order chi connectivity index (χ0) is 28.8. The minimum absolute atomic E-state index is 0.0166. The highest BCUT2D eigenvalue weighted by atomic mass is 19.1. The van der Waals surface area contributed by atoms with Gasteiger partial charge < -0.3 is 4.74 Å². The standard InChI is InChI=1S/C26H18F2N6O6/c1-2-4-22(26(35)40-17-10-7-15(8-11-17)33(36)37)31-32-23-14-29-25(24-19(27)5-3-6-20(24)28)18-13-16(34(38)39)9-12-21(18)30-23/h2-3,5-13H,1,4,14H2,(H,30,32)/b31-22+. The molecule has 12 nitrogen and oxygen atoms in total. The Morgan fingerprint density at radius 2 is 1.70 bits per heavy atom. The van der Waals surface area contributed by atoms with Crippen LogP contribution in [0, 0.1) is 31.9 Å². The normalized spacial score (nSPS) is 12.8. The van der Waals surface area contributed by atoms with Gasteiger partial charge in [0.15, 0.2) is 0 Å². The van der Waals surface area contributed by atoms with Crippen molar-refractivity contribution in [1.29, 1.82) is 0 Å². The van der Waals surface area contributed by atoms with Gasteiger partial charge in [0.05, 0.1) is 33.4 Å². The molecule has 14 heteroatoms. The van der Waals surface area contributed by atoms with Crippen molar-refractivity contribution in [2.24, 2.45) is 15.1 Å². The van der Waals surface area contributed by atoms with E-state index in [1.807, 2.05) is 0 Å². The van der Waals surface area contributed by atoms with Gasteiger partial charge >= 0.3 is 5.97 Å². The molecular weight excluding hydrogens is 530 g/mol. The largest absolute Gasteiger partial charge is 0.422 e. The van der Waals surface area contributed by atoms with Crippen molar-refractivity contribution in [2.75, 3.05) is 6.54 Å². The molecule has 0 amide bonds. The van der Waals surface area contributed by atoms with Gasteiger partial charge in [-0.1, -0.05) is 12.1 Å². The Morgan fingerprint density at radius 1 is 1.05 bits per heavy atom. The number of amidine groups is 1. The Morgan fingerprint density at radius 3 is 2.33 bits per heavy atom. The molecule has 0 spiro atoms. The number of halogens is 2. The van der Waals surface area contributed by atoms with Crippen LogP contribution < -0.4 is 10.2 Å². The van der Waals surface area contributed by atoms with Gasteiger partial charge in [-0.25, -0.2) is 18.6 Å². The van der Waals surface area contributed by atoms with Crippen molar-refractivity contribution in [1.82, 2.24) is 5.43 Å². The summed E-state index contributed by atoms with van der Waals surface area (Å²) in [6.07, 6.45) is 1.35. The lowest BCUT2D eigenvalue weighted by atomic mass is 9.99. The van der Waals surface area contributed by atoms with E-state index in [2.05, 4.69) is 27.1 Å². The van der Waals surface area contributed by atoms with Crippen molar-refractivity contribution < 1.29 is 28.2 Å². The molecule has 1 aliphatic heterocycles. The fourth-order valence-corrected chi connectivity index (χ4v) is 3.59. The molecule has 40 heavy (non-hydrogen) atoms. The number of allylic oxidation sites excluding steroid dienone is 1. The minimum Gasteiger partial charge on any atom is -0.422 e. The average Bonchev–Trinajstić information content (AvgIpc) is 3.10. The van der Waals surface area contributed by atoms with Gasteiger partial charge in [0.2, 0.25) is 0 Å². The van der Waals surface area contributed by atoms with Crippen LogP contribution in [-0.2, 0) is 4.79 Å².